The van der Waals surface area contributed by atoms with Gasteiger partial charge in [0.25, 0.3) is 0 Å². The van der Waals surface area contributed by atoms with E-state index < -0.39 is 0 Å². The van der Waals surface area contributed by atoms with E-state index in [-0.39, 0.29) is 5.41 Å². The predicted molar refractivity (Wildman–Crippen MR) is 109 cm³/mol. The van der Waals surface area contributed by atoms with Crippen LogP contribution in [0.2, 0.25) is 0 Å². The topological polar surface area (TPSA) is 79.7 Å². The van der Waals surface area contributed by atoms with Crippen LogP contribution in [0.5, 0.6) is 0 Å². The third kappa shape index (κ3) is 3.39. The molecule has 1 heterocycles. The van der Waals surface area contributed by atoms with Crippen LogP contribution in [0.15, 0.2) is 35.7 Å². The molecule has 0 spiro atoms. The number of allylic oxidation sites excluding steroid dienone is 2. The monoisotopic (exact) mass is 351 g/mol. The first kappa shape index (κ1) is 18.2. The maximum Gasteiger partial charge on any atom is 0.0662 e. The second kappa shape index (κ2) is 6.63. The highest BCUT2D eigenvalue weighted by Gasteiger charge is 2.28. The molecule has 0 aliphatic heterocycles. The Labute approximate surface area is 155 Å². The maximum absolute atomic E-state index is 8.79. The summed E-state index contributed by atoms with van der Waals surface area (Å²) in [7, 11) is 3.85. The first-order valence-electron chi connectivity index (χ1n) is 9.10. The summed E-state index contributed by atoms with van der Waals surface area (Å²) < 4.78 is 1.87. The third-order valence-corrected chi connectivity index (χ3v) is 5.47. The largest absolute Gasteiger partial charge is 0.402 e. The number of rotatable bonds is 4. The second-order valence-corrected chi connectivity index (χ2v) is 8.04. The molecule has 0 amide bonds. The van der Waals surface area contributed by atoms with Gasteiger partial charge in [-0.1, -0.05) is 13.8 Å². The fraction of sp³-hybridized carbons (Fsp3) is 0.429. The van der Waals surface area contributed by atoms with E-state index in [4.69, 9.17) is 11.1 Å². The van der Waals surface area contributed by atoms with Crippen LogP contribution in [-0.2, 0) is 7.05 Å². The molecule has 1 aromatic carbocycles. The van der Waals surface area contributed by atoms with Gasteiger partial charge in [0.05, 0.1) is 11.9 Å². The quantitative estimate of drug-likeness (QED) is 0.721. The molecule has 0 saturated carbocycles. The molecule has 5 heteroatoms. The van der Waals surface area contributed by atoms with Gasteiger partial charge in [-0.15, -0.1) is 0 Å². The van der Waals surface area contributed by atoms with Crippen LogP contribution in [0.1, 0.15) is 44.4 Å². The molecular formula is C21H29N5. The molecule has 1 aliphatic carbocycles. The van der Waals surface area contributed by atoms with E-state index in [2.05, 4.69) is 43.3 Å². The smallest absolute Gasteiger partial charge is 0.0662 e. The van der Waals surface area contributed by atoms with Crippen LogP contribution in [-0.4, -0.2) is 22.5 Å². The third-order valence-electron chi connectivity index (χ3n) is 5.47. The lowest BCUT2D eigenvalue weighted by Gasteiger charge is -2.32. The van der Waals surface area contributed by atoms with Gasteiger partial charge in [0.2, 0.25) is 0 Å². The Morgan fingerprint density at radius 3 is 2.62 bits per heavy atom. The van der Waals surface area contributed by atoms with Crippen LogP contribution in [0.25, 0.3) is 11.1 Å². The molecule has 3 rings (SSSR count). The molecule has 26 heavy (non-hydrogen) atoms. The van der Waals surface area contributed by atoms with Crippen molar-refractivity contribution in [2.45, 2.75) is 40.0 Å². The Morgan fingerprint density at radius 1 is 1.31 bits per heavy atom. The number of nitrogens with zero attached hydrogens (tertiary/aromatic N) is 2. The van der Waals surface area contributed by atoms with Gasteiger partial charge < -0.3 is 11.1 Å². The second-order valence-electron chi connectivity index (χ2n) is 8.04. The summed E-state index contributed by atoms with van der Waals surface area (Å²) in [5, 5.41) is 16.4. The highest BCUT2D eigenvalue weighted by Crippen LogP contribution is 2.38. The van der Waals surface area contributed by atoms with Crippen LogP contribution >= 0.6 is 0 Å². The van der Waals surface area contributed by atoms with E-state index in [9.17, 15) is 0 Å². The summed E-state index contributed by atoms with van der Waals surface area (Å²) in [5.41, 5.74) is 14.1. The summed E-state index contributed by atoms with van der Waals surface area (Å²) in [6, 6.07) is 6.20. The van der Waals surface area contributed by atoms with Gasteiger partial charge in [0, 0.05) is 42.3 Å². The highest BCUT2D eigenvalue weighted by molar-refractivity contribution is 6.12. The maximum atomic E-state index is 8.79. The highest BCUT2D eigenvalue weighted by atomic mass is 15.3. The molecule has 0 bridgehead atoms. The van der Waals surface area contributed by atoms with Crippen molar-refractivity contribution in [3.8, 4) is 11.1 Å². The summed E-state index contributed by atoms with van der Waals surface area (Å²) in [5.74, 6) is 0. The molecule has 5 nitrogen and oxygen atoms in total. The first-order chi connectivity index (χ1) is 12.2. The van der Waals surface area contributed by atoms with Crippen molar-refractivity contribution < 1.29 is 0 Å². The Balaban J connectivity index is 2.04. The lowest BCUT2D eigenvalue weighted by Crippen LogP contribution is -2.25. The van der Waals surface area contributed by atoms with Gasteiger partial charge >= 0.3 is 0 Å². The number of nitrogens with two attached hydrogens (primary N) is 1. The van der Waals surface area contributed by atoms with Gasteiger partial charge in [0.15, 0.2) is 0 Å². The number of aryl methyl sites for hydroxylation is 1. The van der Waals surface area contributed by atoms with E-state index >= 15 is 0 Å². The molecule has 2 aromatic rings. The van der Waals surface area contributed by atoms with Gasteiger partial charge in [-0.2, -0.15) is 5.10 Å². The Morgan fingerprint density at radius 2 is 2.04 bits per heavy atom. The lowest BCUT2D eigenvalue weighted by atomic mass is 9.75. The molecule has 1 aliphatic rings. The van der Waals surface area contributed by atoms with E-state index in [1.807, 2.05) is 31.0 Å². The van der Waals surface area contributed by atoms with E-state index in [1.165, 1.54) is 0 Å². The summed E-state index contributed by atoms with van der Waals surface area (Å²) in [6.07, 6.45) is 4.66. The van der Waals surface area contributed by atoms with Crippen molar-refractivity contribution >= 4 is 11.4 Å². The summed E-state index contributed by atoms with van der Waals surface area (Å²) >= 11 is 0. The van der Waals surface area contributed by atoms with Crippen molar-refractivity contribution in [3.63, 3.8) is 0 Å². The number of anilines is 1. The summed E-state index contributed by atoms with van der Waals surface area (Å²) in [6.45, 7) is 6.54. The van der Waals surface area contributed by atoms with Gasteiger partial charge in [-0.25, -0.2) is 0 Å². The number of aromatic nitrogens is 2. The van der Waals surface area contributed by atoms with Gasteiger partial charge in [-0.3, -0.25) is 10.1 Å². The van der Waals surface area contributed by atoms with Crippen molar-refractivity contribution in [3.05, 3.63) is 46.9 Å². The molecule has 1 aromatic heterocycles. The van der Waals surface area contributed by atoms with Crippen LogP contribution in [0.3, 0.4) is 0 Å². The van der Waals surface area contributed by atoms with Crippen molar-refractivity contribution in [2.75, 3.05) is 12.4 Å². The fourth-order valence-electron chi connectivity index (χ4n) is 3.65. The van der Waals surface area contributed by atoms with E-state index in [0.717, 1.165) is 58.6 Å². The molecule has 0 fully saturated rings. The van der Waals surface area contributed by atoms with Crippen molar-refractivity contribution in [1.29, 1.82) is 5.41 Å². The fourth-order valence-corrected chi connectivity index (χ4v) is 3.65. The van der Waals surface area contributed by atoms with Crippen LogP contribution in [0, 0.1) is 17.7 Å². The number of nitrogens with one attached hydrogen (secondary N) is 2. The molecule has 0 atom stereocenters. The zero-order chi connectivity index (χ0) is 19.1. The van der Waals surface area contributed by atoms with Gasteiger partial charge in [-0.05, 0) is 60.9 Å². The average molecular weight is 351 g/mol. The number of benzene rings is 1. The standard InChI is InChI=1S/C21H29N5/c1-13-18(12-25-26(13)5)14-8-15(10-16(9-14)24-4)20(23)17-6-7-21(2,3)11-19(17)22/h8-10,12,23-24H,6-7,11,22H2,1-5H3. The van der Waals surface area contributed by atoms with E-state index in [1.54, 1.807) is 0 Å². The normalized spacial score (nSPS) is 16.7. The average Bonchev–Trinajstić information content (AvgIpc) is 2.92. The molecule has 0 unspecified atom stereocenters. The minimum absolute atomic E-state index is 0.221. The zero-order valence-electron chi connectivity index (χ0n) is 16.4. The van der Waals surface area contributed by atoms with Crippen molar-refractivity contribution in [1.82, 2.24) is 9.78 Å². The minimum atomic E-state index is 0.221. The number of hydrogen-bond acceptors (Lipinski definition) is 4. The van der Waals surface area contributed by atoms with Crippen molar-refractivity contribution in [2.24, 2.45) is 18.2 Å². The minimum Gasteiger partial charge on any atom is -0.402 e. The molecular weight excluding hydrogens is 322 g/mol. The van der Waals surface area contributed by atoms with Crippen LogP contribution in [0.4, 0.5) is 5.69 Å². The summed E-state index contributed by atoms with van der Waals surface area (Å²) in [4.78, 5) is 0. The first-order valence-corrected chi connectivity index (χ1v) is 9.10. The Kier molecular flexibility index (Phi) is 4.65. The van der Waals surface area contributed by atoms with Gasteiger partial charge in [0.1, 0.15) is 0 Å². The predicted octanol–water partition coefficient (Wildman–Crippen LogP) is 4.23. The molecule has 0 radical (unpaired) electrons. The molecule has 138 valence electrons. The zero-order valence-corrected chi connectivity index (χ0v) is 16.4. The molecule has 0 saturated heterocycles. The number of hydrogen-bond donors (Lipinski definition) is 3. The SMILES string of the molecule is CNc1cc(C(=N)C2=C(N)CC(C)(C)CC2)cc(-c2cnn(C)c2C)c1. The lowest BCUT2D eigenvalue weighted by molar-refractivity contribution is 0.315. The van der Waals surface area contributed by atoms with E-state index in [0.29, 0.717) is 5.71 Å². The Hall–Kier alpha value is -2.56. The van der Waals surface area contributed by atoms with Crippen LogP contribution < -0.4 is 11.1 Å². The molecule has 4 N–H and O–H groups in total. The Bertz CT molecular complexity index is 886.